The van der Waals surface area contributed by atoms with E-state index in [1.165, 1.54) is 22.7 Å². The number of thiocarbonyl (C=S) groups is 1. The standard InChI is InChI=1S/C13H18FN3O2S2/c1-21(18,19)17-6-4-16(5-7-17)9-10-2-3-11(14)8-12(10)13(15)20/h2-3,8H,4-7,9H2,1H3,(H2,15,20). The lowest BCUT2D eigenvalue weighted by Crippen LogP contribution is -2.47. The lowest BCUT2D eigenvalue weighted by atomic mass is 10.1. The largest absolute Gasteiger partial charge is 0.389 e. The topological polar surface area (TPSA) is 66.6 Å². The fourth-order valence-corrected chi connectivity index (χ4v) is 3.39. The Hall–Kier alpha value is -1.09. The van der Waals surface area contributed by atoms with E-state index < -0.39 is 10.0 Å². The van der Waals surface area contributed by atoms with Crippen LogP contribution in [0.2, 0.25) is 0 Å². The minimum absolute atomic E-state index is 0.166. The second kappa shape index (κ2) is 6.35. The number of piperazine rings is 1. The maximum atomic E-state index is 13.3. The Morgan fingerprint density at radius 2 is 1.95 bits per heavy atom. The maximum Gasteiger partial charge on any atom is 0.211 e. The fraction of sp³-hybridized carbons (Fsp3) is 0.462. The number of rotatable bonds is 4. The third kappa shape index (κ3) is 4.19. The maximum absolute atomic E-state index is 13.3. The van der Waals surface area contributed by atoms with Gasteiger partial charge in [-0.1, -0.05) is 18.3 Å². The van der Waals surface area contributed by atoms with Crippen LogP contribution in [0.1, 0.15) is 11.1 Å². The Morgan fingerprint density at radius 3 is 2.48 bits per heavy atom. The van der Waals surface area contributed by atoms with E-state index in [1.54, 1.807) is 6.07 Å². The van der Waals surface area contributed by atoms with Gasteiger partial charge in [-0.2, -0.15) is 4.31 Å². The van der Waals surface area contributed by atoms with Gasteiger partial charge >= 0.3 is 0 Å². The van der Waals surface area contributed by atoms with Crippen molar-refractivity contribution in [1.29, 1.82) is 0 Å². The predicted octanol–water partition coefficient (Wildman–Crippen LogP) is 0.537. The molecule has 1 aliphatic heterocycles. The van der Waals surface area contributed by atoms with E-state index in [0.717, 1.165) is 5.56 Å². The predicted molar refractivity (Wildman–Crippen MR) is 84.0 cm³/mol. The summed E-state index contributed by atoms with van der Waals surface area (Å²) >= 11 is 4.95. The first-order valence-corrected chi connectivity index (χ1v) is 8.79. The van der Waals surface area contributed by atoms with Gasteiger partial charge in [-0.3, -0.25) is 4.90 Å². The van der Waals surface area contributed by atoms with Crippen molar-refractivity contribution in [1.82, 2.24) is 9.21 Å². The molecule has 5 nitrogen and oxygen atoms in total. The molecule has 116 valence electrons. The summed E-state index contributed by atoms with van der Waals surface area (Å²) in [7, 11) is -3.13. The normalized spacial score (nSPS) is 17.8. The van der Waals surface area contributed by atoms with Crippen molar-refractivity contribution in [2.75, 3.05) is 32.4 Å². The summed E-state index contributed by atoms with van der Waals surface area (Å²) in [5, 5.41) is 0. The number of hydrogen-bond donors (Lipinski definition) is 1. The second-order valence-electron chi connectivity index (χ2n) is 5.10. The molecule has 21 heavy (non-hydrogen) atoms. The van der Waals surface area contributed by atoms with E-state index in [9.17, 15) is 12.8 Å². The quantitative estimate of drug-likeness (QED) is 0.816. The molecule has 0 amide bonds. The number of sulfonamides is 1. The Balaban J connectivity index is 2.06. The van der Waals surface area contributed by atoms with E-state index in [4.69, 9.17) is 18.0 Å². The molecular weight excluding hydrogens is 313 g/mol. The third-order valence-electron chi connectivity index (χ3n) is 3.53. The molecular formula is C13H18FN3O2S2. The van der Waals surface area contributed by atoms with Crippen molar-refractivity contribution < 1.29 is 12.8 Å². The van der Waals surface area contributed by atoms with Crippen LogP contribution < -0.4 is 5.73 Å². The molecule has 8 heteroatoms. The molecule has 0 bridgehead atoms. The summed E-state index contributed by atoms with van der Waals surface area (Å²) in [4.78, 5) is 2.27. The monoisotopic (exact) mass is 331 g/mol. The molecule has 0 saturated carbocycles. The summed E-state index contributed by atoms with van der Waals surface area (Å²) < 4.78 is 37.7. The van der Waals surface area contributed by atoms with Gasteiger partial charge in [0.15, 0.2) is 0 Å². The molecule has 1 saturated heterocycles. The van der Waals surface area contributed by atoms with Crippen LogP contribution in [0.15, 0.2) is 18.2 Å². The van der Waals surface area contributed by atoms with E-state index in [2.05, 4.69) is 4.90 Å². The van der Waals surface area contributed by atoms with Gasteiger partial charge < -0.3 is 5.73 Å². The highest BCUT2D eigenvalue weighted by Gasteiger charge is 2.23. The number of hydrogen-bond acceptors (Lipinski definition) is 4. The Labute approximate surface area is 129 Å². The number of halogens is 1. The second-order valence-corrected chi connectivity index (χ2v) is 7.53. The Morgan fingerprint density at radius 1 is 1.33 bits per heavy atom. The van der Waals surface area contributed by atoms with E-state index in [1.807, 2.05) is 0 Å². The molecule has 0 unspecified atom stereocenters. The average Bonchev–Trinajstić information content (AvgIpc) is 2.40. The van der Waals surface area contributed by atoms with Crippen LogP contribution in [0, 0.1) is 5.82 Å². The molecule has 0 spiro atoms. The van der Waals surface area contributed by atoms with Crippen molar-refractivity contribution >= 4 is 27.2 Å². The van der Waals surface area contributed by atoms with Gasteiger partial charge in [0.2, 0.25) is 10.0 Å². The van der Waals surface area contributed by atoms with Crippen molar-refractivity contribution in [2.45, 2.75) is 6.54 Å². The van der Waals surface area contributed by atoms with Gasteiger partial charge in [0.05, 0.1) is 6.26 Å². The van der Waals surface area contributed by atoms with Gasteiger partial charge in [0.1, 0.15) is 10.8 Å². The minimum Gasteiger partial charge on any atom is -0.389 e. The van der Waals surface area contributed by atoms with Crippen LogP contribution in [0.5, 0.6) is 0 Å². The van der Waals surface area contributed by atoms with Crippen LogP contribution in [0.3, 0.4) is 0 Å². The lowest BCUT2D eigenvalue weighted by molar-refractivity contribution is 0.182. The first kappa shape index (κ1) is 16.3. The van der Waals surface area contributed by atoms with Gasteiger partial charge in [-0.05, 0) is 17.7 Å². The number of nitrogens with two attached hydrogens (primary N) is 1. The molecule has 2 rings (SSSR count). The zero-order chi connectivity index (χ0) is 15.6. The molecule has 0 aliphatic carbocycles. The van der Waals surface area contributed by atoms with Gasteiger partial charge in [-0.15, -0.1) is 0 Å². The van der Waals surface area contributed by atoms with Crippen LogP contribution >= 0.6 is 12.2 Å². The SMILES string of the molecule is CS(=O)(=O)N1CCN(Cc2ccc(F)cc2C(N)=S)CC1. The van der Waals surface area contributed by atoms with Crippen molar-refractivity contribution in [2.24, 2.45) is 5.73 Å². The van der Waals surface area contributed by atoms with Gasteiger partial charge in [0.25, 0.3) is 0 Å². The molecule has 2 N–H and O–H groups in total. The zero-order valence-corrected chi connectivity index (χ0v) is 13.4. The summed E-state index contributed by atoms with van der Waals surface area (Å²) in [5.74, 6) is -0.372. The summed E-state index contributed by atoms with van der Waals surface area (Å²) in [6.45, 7) is 2.75. The van der Waals surface area contributed by atoms with Crippen molar-refractivity contribution in [3.8, 4) is 0 Å². The van der Waals surface area contributed by atoms with Crippen molar-refractivity contribution in [3.05, 3.63) is 35.1 Å². The minimum atomic E-state index is -3.13. The summed E-state index contributed by atoms with van der Waals surface area (Å²) in [6, 6.07) is 4.39. The number of benzene rings is 1. The number of nitrogens with zero attached hydrogens (tertiary/aromatic N) is 2. The zero-order valence-electron chi connectivity index (χ0n) is 11.8. The molecule has 1 aromatic carbocycles. The summed E-state index contributed by atoms with van der Waals surface area (Å²) in [5.41, 5.74) is 7.02. The first-order valence-electron chi connectivity index (χ1n) is 6.53. The Bertz CT molecular complexity index is 641. The molecule has 1 heterocycles. The first-order chi connectivity index (χ1) is 9.77. The van der Waals surface area contributed by atoms with Crippen LogP contribution in [0.4, 0.5) is 4.39 Å². The third-order valence-corrected chi connectivity index (χ3v) is 5.05. The molecule has 1 aromatic rings. The smallest absolute Gasteiger partial charge is 0.211 e. The average molecular weight is 331 g/mol. The van der Waals surface area contributed by atoms with E-state index >= 15 is 0 Å². The van der Waals surface area contributed by atoms with Crippen LogP contribution in [0.25, 0.3) is 0 Å². The molecule has 0 aromatic heterocycles. The van der Waals surface area contributed by atoms with Gasteiger partial charge in [0, 0.05) is 38.3 Å². The van der Waals surface area contributed by atoms with Crippen LogP contribution in [-0.2, 0) is 16.6 Å². The fourth-order valence-electron chi connectivity index (χ4n) is 2.38. The highest BCUT2D eigenvalue weighted by molar-refractivity contribution is 7.88. The van der Waals surface area contributed by atoms with Gasteiger partial charge in [-0.25, -0.2) is 12.8 Å². The van der Waals surface area contributed by atoms with Crippen LogP contribution in [-0.4, -0.2) is 55.0 Å². The molecule has 0 radical (unpaired) electrons. The lowest BCUT2D eigenvalue weighted by Gasteiger charge is -2.33. The molecule has 1 fully saturated rings. The Kier molecular flexibility index (Phi) is 4.92. The molecule has 1 aliphatic rings. The highest BCUT2D eigenvalue weighted by Crippen LogP contribution is 2.16. The highest BCUT2D eigenvalue weighted by atomic mass is 32.2. The van der Waals surface area contributed by atoms with Crippen molar-refractivity contribution in [3.63, 3.8) is 0 Å². The molecule has 0 atom stereocenters. The van der Waals surface area contributed by atoms with E-state index in [-0.39, 0.29) is 10.8 Å². The summed E-state index contributed by atoms with van der Waals surface area (Å²) in [6.07, 6.45) is 1.22. The van der Waals surface area contributed by atoms with E-state index in [0.29, 0.717) is 38.3 Å².